The molecule has 29 heavy (non-hydrogen) atoms. The van der Waals surface area contributed by atoms with Crippen molar-refractivity contribution in [3.8, 4) is 17.0 Å². The highest BCUT2D eigenvalue weighted by molar-refractivity contribution is 7.09. The van der Waals surface area contributed by atoms with E-state index < -0.39 is 17.7 Å². The zero-order chi connectivity index (χ0) is 20.9. The van der Waals surface area contributed by atoms with Crippen molar-refractivity contribution >= 4 is 17.3 Å². The van der Waals surface area contributed by atoms with Crippen molar-refractivity contribution < 1.29 is 27.8 Å². The maximum atomic E-state index is 13.2. The number of rotatable bonds is 8. The van der Waals surface area contributed by atoms with Gasteiger partial charge < -0.3 is 9.84 Å². The van der Waals surface area contributed by atoms with E-state index >= 15 is 0 Å². The summed E-state index contributed by atoms with van der Waals surface area (Å²) in [6, 6.07) is 12.3. The number of aromatic nitrogens is 1. The number of thiazole rings is 1. The lowest BCUT2D eigenvalue weighted by Gasteiger charge is -2.10. The van der Waals surface area contributed by atoms with Gasteiger partial charge in [-0.05, 0) is 30.2 Å². The van der Waals surface area contributed by atoms with Crippen molar-refractivity contribution in [3.63, 3.8) is 0 Å². The highest BCUT2D eigenvalue weighted by Gasteiger charge is 2.33. The lowest BCUT2D eigenvalue weighted by molar-refractivity contribution is -0.137. The summed E-state index contributed by atoms with van der Waals surface area (Å²) in [5.41, 5.74) is 0.360. The molecule has 2 aromatic carbocycles. The smallest absolute Gasteiger partial charge is 0.417 e. The number of halogens is 3. The fraction of sp³-hybridized carbons (Fsp3) is 0.238. The molecule has 152 valence electrons. The van der Waals surface area contributed by atoms with Gasteiger partial charge in [-0.2, -0.15) is 13.2 Å². The maximum absolute atomic E-state index is 13.2. The first-order chi connectivity index (χ1) is 13.8. The molecule has 0 fully saturated rings. The van der Waals surface area contributed by atoms with Crippen LogP contribution in [0.15, 0.2) is 53.9 Å². The van der Waals surface area contributed by atoms with E-state index in [0.717, 1.165) is 11.1 Å². The summed E-state index contributed by atoms with van der Waals surface area (Å²) in [5.74, 6) is -0.323. The minimum Gasteiger partial charge on any atom is -0.494 e. The van der Waals surface area contributed by atoms with Crippen LogP contribution in [0.2, 0.25) is 0 Å². The Bertz CT molecular complexity index is 985. The zero-order valence-corrected chi connectivity index (χ0v) is 16.1. The Hall–Kier alpha value is -2.87. The van der Waals surface area contributed by atoms with Crippen LogP contribution in [0.25, 0.3) is 11.3 Å². The number of nitrogens with zero attached hydrogens (tertiary/aromatic N) is 1. The summed E-state index contributed by atoms with van der Waals surface area (Å²) >= 11 is 1.32. The highest BCUT2D eigenvalue weighted by atomic mass is 32.1. The molecule has 1 N–H and O–H groups in total. The summed E-state index contributed by atoms with van der Waals surface area (Å²) < 4.78 is 45.2. The second-order valence-corrected chi connectivity index (χ2v) is 7.28. The van der Waals surface area contributed by atoms with Crippen LogP contribution in [0.5, 0.6) is 5.75 Å². The van der Waals surface area contributed by atoms with Gasteiger partial charge in [0.05, 0.1) is 29.3 Å². The third-order valence-electron chi connectivity index (χ3n) is 4.12. The summed E-state index contributed by atoms with van der Waals surface area (Å²) in [6.07, 6.45) is -3.29. The SMILES string of the molecule is O=C(O)Cc1cccc(OCCCc2nc(-c3ccccc3C(F)(F)F)cs2)c1. The van der Waals surface area contributed by atoms with E-state index in [1.807, 2.05) is 0 Å². The predicted octanol–water partition coefficient (Wildman–Crippen LogP) is 5.47. The third kappa shape index (κ3) is 5.80. The minimum atomic E-state index is -4.43. The molecule has 4 nitrogen and oxygen atoms in total. The van der Waals surface area contributed by atoms with Crippen molar-refractivity contribution in [2.45, 2.75) is 25.4 Å². The molecule has 0 saturated carbocycles. The van der Waals surface area contributed by atoms with Gasteiger partial charge >= 0.3 is 12.1 Å². The average molecular weight is 421 g/mol. The normalized spacial score (nSPS) is 11.4. The van der Waals surface area contributed by atoms with Crippen LogP contribution in [0, 0.1) is 0 Å². The molecule has 0 aliphatic carbocycles. The van der Waals surface area contributed by atoms with Gasteiger partial charge in [-0.3, -0.25) is 4.79 Å². The third-order valence-corrected chi connectivity index (χ3v) is 5.03. The molecule has 0 saturated heterocycles. The Labute approximate surface area is 169 Å². The highest BCUT2D eigenvalue weighted by Crippen LogP contribution is 2.37. The molecule has 0 aliphatic rings. The molecule has 0 atom stereocenters. The molecule has 1 heterocycles. The Morgan fingerprint density at radius 3 is 2.69 bits per heavy atom. The van der Waals surface area contributed by atoms with Crippen LogP contribution in [0.4, 0.5) is 13.2 Å². The van der Waals surface area contributed by atoms with Crippen molar-refractivity contribution in [3.05, 3.63) is 70.0 Å². The molecule has 0 spiro atoms. The van der Waals surface area contributed by atoms with Crippen molar-refractivity contribution in [1.82, 2.24) is 4.98 Å². The first kappa shape index (κ1) is 20.9. The Kier molecular flexibility index (Phi) is 6.53. The van der Waals surface area contributed by atoms with Crippen LogP contribution in [-0.4, -0.2) is 22.7 Å². The number of aryl methyl sites for hydroxylation is 1. The van der Waals surface area contributed by atoms with E-state index in [9.17, 15) is 18.0 Å². The average Bonchev–Trinajstić information content (AvgIpc) is 3.13. The first-order valence-electron chi connectivity index (χ1n) is 8.87. The number of hydrogen-bond acceptors (Lipinski definition) is 4. The second-order valence-electron chi connectivity index (χ2n) is 6.34. The Morgan fingerprint density at radius 2 is 1.93 bits per heavy atom. The fourth-order valence-corrected chi connectivity index (χ4v) is 3.68. The Balaban J connectivity index is 1.56. The molecule has 0 radical (unpaired) electrons. The van der Waals surface area contributed by atoms with E-state index in [0.29, 0.717) is 36.5 Å². The van der Waals surface area contributed by atoms with E-state index in [-0.39, 0.29) is 12.0 Å². The van der Waals surface area contributed by atoms with Gasteiger partial charge in [-0.15, -0.1) is 11.3 Å². The number of benzene rings is 2. The van der Waals surface area contributed by atoms with Crippen molar-refractivity contribution in [2.75, 3.05) is 6.61 Å². The number of alkyl halides is 3. The van der Waals surface area contributed by atoms with Crippen LogP contribution in [0.1, 0.15) is 22.6 Å². The van der Waals surface area contributed by atoms with Gasteiger partial charge in [0.25, 0.3) is 0 Å². The quantitative estimate of drug-likeness (QED) is 0.490. The molecule has 3 aromatic rings. The van der Waals surface area contributed by atoms with Crippen LogP contribution >= 0.6 is 11.3 Å². The van der Waals surface area contributed by atoms with Gasteiger partial charge in [0.2, 0.25) is 0 Å². The molecule has 0 amide bonds. The number of aliphatic carboxylic acids is 1. The number of carboxylic acid groups (broad SMARTS) is 1. The van der Waals surface area contributed by atoms with Gasteiger partial charge in [-0.25, -0.2) is 4.98 Å². The number of carbonyl (C=O) groups is 1. The molecular weight excluding hydrogens is 403 g/mol. The predicted molar refractivity (Wildman–Crippen MR) is 104 cm³/mol. The molecular formula is C21H18F3NO3S. The van der Waals surface area contributed by atoms with Crippen molar-refractivity contribution in [1.29, 1.82) is 0 Å². The minimum absolute atomic E-state index is 0.0709. The van der Waals surface area contributed by atoms with Crippen LogP contribution < -0.4 is 4.74 Å². The van der Waals surface area contributed by atoms with Gasteiger partial charge in [0, 0.05) is 17.4 Å². The van der Waals surface area contributed by atoms with Gasteiger partial charge in [0.15, 0.2) is 0 Å². The largest absolute Gasteiger partial charge is 0.494 e. The zero-order valence-electron chi connectivity index (χ0n) is 15.3. The standard InChI is InChI=1S/C21H18F3NO3S/c22-21(23,24)17-8-2-1-7-16(17)18-13-29-19(25-18)9-4-10-28-15-6-3-5-14(11-15)12-20(26)27/h1-3,5-8,11,13H,4,9-10,12H2,(H,26,27). The van der Waals surface area contributed by atoms with Crippen LogP contribution in [-0.2, 0) is 23.8 Å². The molecule has 3 rings (SSSR count). The Morgan fingerprint density at radius 1 is 1.14 bits per heavy atom. The van der Waals surface area contributed by atoms with Crippen molar-refractivity contribution in [2.24, 2.45) is 0 Å². The first-order valence-corrected chi connectivity index (χ1v) is 9.75. The number of hydrogen-bond donors (Lipinski definition) is 1. The molecule has 8 heteroatoms. The van der Waals surface area contributed by atoms with E-state index in [2.05, 4.69) is 4.98 Å². The van der Waals surface area contributed by atoms with E-state index in [1.165, 1.54) is 23.5 Å². The molecule has 0 bridgehead atoms. The number of ether oxygens (including phenoxy) is 1. The van der Waals surface area contributed by atoms with Gasteiger partial charge in [-0.1, -0.05) is 30.3 Å². The fourth-order valence-electron chi connectivity index (χ4n) is 2.84. The van der Waals surface area contributed by atoms with E-state index in [4.69, 9.17) is 9.84 Å². The van der Waals surface area contributed by atoms with Crippen LogP contribution in [0.3, 0.4) is 0 Å². The number of carboxylic acids is 1. The van der Waals surface area contributed by atoms with Gasteiger partial charge in [0.1, 0.15) is 5.75 Å². The lowest BCUT2D eigenvalue weighted by atomic mass is 10.1. The lowest BCUT2D eigenvalue weighted by Crippen LogP contribution is -2.07. The summed E-state index contributed by atoms with van der Waals surface area (Å²) in [7, 11) is 0. The summed E-state index contributed by atoms with van der Waals surface area (Å²) in [5, 5.41) is 11.2. The molecule has 0 aliphatic heterocycles. The molecule has 1 aromatic heterocycles. The second kappa shape index (κ2) is 9.09. The molecule has 0 unspecified atom stereocenters. The maximum Gasteiger partial charge on any atom is 0.417 e. The van der Waals surface area contributed by atoms with E-state index in [1.54, 1.807) is 35.7 Å². The topological polar surface area (TPSA) is 59.4 Å². The monoisotopic (exact) mass is 421 g/mol. The summed E-state index contributed by atoms with van der Waals surface area (Å²) in [6.45, 7) is 0.393. The summed E-state index contributed by atoms with van der Waals surface area (Å²) in [4.78, 5) is 15.1.